The smallest absolute Gasteiger partial charge is 0.303 e. The van der Waals surface area contributed by atoms with Gasteiger partial charge in [-0.15, -0.1) is 0 Å². The maximum atomic E-state index is 11.0. The number of carboxylic acids is 3. The van der Waals surface area contributed by atoms with Gasteiger partial charge in [0.2, 0.25) is 0 Å². The Balaban J connectivity index is 4.36. The molecule has 210 valence electrons. The molecule has 0 fully saturated rings. The lowest BCUT2D eigenvalue weighted by atomic mass is 10.1. The number of carbonyl (C=O) groups excluding carboxylic acids is 1. The van der Waals surface area contributed by atoms with Gasteiger partial charge in [0.25, 0.3) is 0 Å². The van der Waals surface area contributed by atoms with Crippen LogP contribution in [0.2, 0.25) is 0 Å². The number of unbranched alkanes of at least 4 members (excludes halogenated alkanes) is 11. The van der Waals surface area contributed by atoms with Crippen LogP contribution in [-0.2, 0) is 14.4 Å². The summed E-state index contributed by atoms with van der Waals surface area (Å²) in [5, 5.41) is 29.0. The van der Waals surface area contributed by atoms with Crippen LogP contribution in [-0.4, -0.2) is 58.8 Å². The molecule has 7 heteroatoms. The van der Waals surface area contributed by atoms with Gasteiger partial charge in [0.15, 0.2) is 0 Å². The largest absolute Gasteiger partial charge is 0.550 e. The van der Waals surface area contributed by atoms with Crippen molar-refractivity contribution >= 4 is 17.9 Å². The van der Waals surface area contributed by atoms with Crippen molar-refractivity contribution in [2.45, 2.75) is 129 Å². The first-order chi connectivity index (χ1) is 17.3. The maximum absolute atomic E-state index is 11.0. The van der Waals surface area contributed by atoms with Crippen molar-refractivity contribution in [3.8, 4) is 0 Å². The molecule has 0 aromatic rings. The van der Waals surface area contributed by atoms with Gasteiger partial charge < -0.3 is 24.6 Å². The predicted octanol–water partition coefficient (Wildman–Crippen LogP) is 5.71. The highest BCUT2D eigenvalue weighted by atomic mass is 16.4. The number of aliphatic carboxylic acids is 3. The SMILES string of the molecule is CCCCCCC/C=C/CCCCCCCC[N+](CCCC(=O)[O-])(CCCC(=O)O)CCCC(=O)O. The number of carboxylic acid groups (broad SMARTS) is 3. The first-order valence-electron chi connectivity index (χ1n) is 14.4. The highest BCUT2D eigenvalue weighted by Crippen LogP contribution is 2.18. The molecule has 0 aliphatic heterocycles. The number of rotatable bonds is 27. The fourth-order valence-corrected chi connectivity index (χ4v) is 4.88. The second-order valence-corrected chi connectivity index (χ2v) is 10.3. The molecule has 0 aromatic heterocycles. The van der Waals surface area contributed by atoms with Crippen molar-refractivity contribution in [1.82, 2.24) is 0 Å². The van der Waals surface area contributed by atoms with E-state index in [1.807, 2.05) is 0 Å². The maximum Gasteiger partial charge on any atom is 0.303 e. The standard InChI is InChI=1S/C29H53NO6/c1-2-3-4-5-6-7-8-9-10-11-12-13-14-15-16-23-30(24-17-20-27(31)32,25-18-21-28(33)34)26-19-22-29(35)36/h8-9H,2-7,10-26H2,1H3,(H2-,31,32,33,34,35,36)/b9-8+. The van der Waals surface area contributed by atoms with Crippen molar-refractivity contribution in [2.75, 3.05) is 26.2 Å². The Morgan fingerprint density at radius 1 is 0.583 bits per heavy atom. The fraction of sp³-hybridized carbons (Fsp3) is 0.828. The van der Waals surface area contributed by atoms with Crippen LogP contribution in [0.5, 0.6) is 0 Å². The third kappa shape index (κ3) is 22.6. The summed E-state index contributed by atoms with van der Waals surface area (Å²) in [5.74, 6) is -2.75. The molecule has 7 nitrogen and oxygen atoms in total. The van der Waals surface area contributed by atoms with Crippen LogP contribution in [0.25, 0.3) is 0 Å². The second kappa shape index (κ2) is 23.5. The molecule has 0 unspecified atom stereocenters. The van der Waals surface area contributed by atoms with E-state index in [1.54, 1.807) is 0 Å². The molecule has 0 aliphatic carbocycles. The Bertz CT molecular complexity index is 554. The number of nitrogens with zero attached hydrogens (tertiary/aromatic N) is 1. The van der Waals surface area contributed by atoms with Gasteiger partial charge >= 0.3 is 11.9 Å². The number of quaternary nitrogens is 1. The highest BCUT2D eigenvalue weighted by molar-refractivity contribution is 5.66. The molecule has 0 rings (SSSR count). The average Bonchev–Trinajstić information content (AvgIpc) is 2.80. The normalized spacial score (nSPS) is 11.8. The van der Waals surface area contributed by atoms with E-state index in [1.165, 1.54) is 57.8 Å². The van der Waals surface area contributed by atoms with Gasteiger partial charge in [-0.3, -0.25) is 9.59 Å². The van der Waals surface area contributed by atoms with Gasteiger partial charge in [-0.25, -0.2) is 0 Å². The molecular formula is C29H53NO6. The summed E-state index contributed by atoms with van der Waals surface area (Å²) in [6.07, 6.45) is 22.2. The zero-order valence-electron chi connectivity index (χ0n) is 22.9. The summed E-state index contributed by atoms with van der Waals surface area (Å²) in [6.45, 7) is 4.99. The molecule has 0 aromatic carbocycles. The number of hydrogen-bond donors (Lipinski definition) is 2. The third-order valence-corrected chi connectivity index (χ3v) is 6.95. The minimum atomic E-state index is -1.08. The number of carbonyl (C=O) groups is 3. The van der Waals surface area contributed by atoms with Crippen LogP contribution in [0, 0.1) is 0 Å². The monoisotopic (exact) mass is 511 g/mol. The van der Waals surface area contributed by atoms with Gasteiger partial charge in [-0.05, 0) is 44.9 Å². The molecule has 0 radical (unpaired) electrons. The zero-order chi connectivity index (χ0) is 26.9. The highest BCUT2D eigenvalue weighted by Gasteiger charge is 2.26. The summed E-state index contributed by atoms with van der Waals surface area (Å²) >= 11 is 0. The Kier molecular flexibility index (Phi) is 22.3. The molecule has 0 heterocycles. The fourth-order valence-electron chi connectivity index (χ4n) is 4.88. The third-order valence-electron chi connectivity index (χ3n) is 6.95. The summed E-state index contributed by atoms with van der Waals surface area (Å²) < 4.78 is 0.608. The van der Waals surface area contributed by atoms with E-state index in [0.717, 1.165) is 32.2 Å². The molecule has 0 saturated carbocycles. The Hall–Kier alpha value is -1.89. The molecule has 36 heavy (non-hydrogen) atoms. The average molecular weight is 512 g/mol. The number of allylic oxidation sites excluding steroid dienone is 2. The molecule has 0 bridgehead atoms. The van der Waals surface area contributed by atoms with Crippen LogP contribution in [0.4, 0.5) is 0 Å². The molecule has 0 amide bonds. The van der Waals surface area contributed by atoms with Gasteiger partial charge in [-0.1, -0.05) is 64.0 Å². The van der Waals surface area contributed by atoms with Crippen LogP contribution < -0.4 is 5.11 Å². The molecule has 0 spiro atoms. The predicted molar refractivity (Wildman–Crippen MR) is 143 cm³/mol. The van der Waals surface area contributed by atoms with Crippen LogP contribution >= 0.6 is 0 Å². The van der Waals surface area contributed by atoms with Crippen LogP contribution in [0.15, 0.2) is 12.2 Å². The van der Waals surface area contributed by atoms with Crippen molar-refractivity contribution in [1.29, 1.82) is 0 Å². The lowest BCUT2D eigenvalue weighted by molar-refractivity contribution is -0.929. The summed E-state index contributed by atoms with van der Waals surface area (Å²) in [4.78, 5) is 33.0. The van der Waals surface area contributed by atoms with E-state index in [-0.39, 0.29) is 19.3 Å². The molecule has 0 aliphatic rings. The Morgan fingerprint density at radius 3 is 1.42 bits per heavy atom. The van der Waals surface area contributed by atoms with E-state index >= 15 is 0 Å². The lowest BCUT2D eigenvalue weighted by Crippen LogP contribution is -2.51. The lowest BCUT2D eigenvalue weighted by Gasteiger charge is -2.39. The van der Waals surface area contributed by atoms with E-state index in [4.69, 9.17) is 10.2 Å². The summed E-state index contributed by atoms with van der Waals surface area (Å²) in [7, 11) is 0. The van der Waals surface area contributed by atoms with Gasteiger partial charge in [-0.2, -0.15) is 0 Å². The van der Waals surface area contributed by atoms with E-state index in [2.05, 4.69) is 19.1 Å². The van der Waals surface area contributed by atoms with Gasteiger partial charge in [0, 0.05) is 25.2 Å². The van der Waals surface area contributed by atoms with Crippen molar-refractivity contribution in [2.24, 2.45) is 0 Å². The first-order valence-corrected chi connectivity index (χ1v) is 14.4. The minimum absolute atomic E-state index is 0.0227. The quantitative estimate of drug-likeness (QED) is 0.0829. The molecule has 0 saturated heterocycles. The van der Waals surface area contributed by atoms with Crippen LogP contribution in [0.1, 0.15) is 129 Å². The molecule has 2 N–H and O–H groups in total. The van der Waals surface area contributed by atoms with E-state index < -0.39 is 17.9 Å². The topological polar surface area (TPSA) is 115 Å². The van der Waals surface area contributed by atoms with Crippen molar-refractivity contribution in [3.63, 3.8) is 0 Å². The summed E-state index contributed by atoms with van der Waals surface area (Å²) in [5.41, 5.74) is 0. The van der Waals surface area contributed by atoms with Gasteiger partial charge in [0.1, 0.15) is 0 Å². The van der Waals surface area contributed by atoms with E-state index in [0.29, 0.717) is 43.4 Å². The Labute approximate surface area is 219 Å². The van der Waals surface area contributed by atoms with E-state index in [9.17, 15) is 19.5 Å². The molecular weight excluding hydrogens is 458 g/mol. The molecule has 0 atom stereocenters. The second-order valence-electron chi connectivity index (χ2n) is 10.3. The Morgan fingerprint density at radius 2 is 0.972 bits per heavy atom. The minimum Gasteiger partial charge on any atom is -0.550 e. The summed E-state index contributed by atoms with van der Waals surface area (Å²) in [6, 6.07) is 0. The van der Waals surface area contributed by atoms with Gasteiger partial charge in [0.05, 0.1) is 39.0 Å². The zero-order valence-corrected chi connectivity index (χ0v) is 22.9. The van der Waals surface area contributed by atoms with Crippen LogP contribution in [0.3, 0.4) is 0 Å². The number of hydrogen-bond acceptors (Lipinski definition) is 4. The van der Waals surface area contributed by atoms with Crippen molar-refractivity contribution in [3.05, 3.63) is 12.2 Å². The van der Waals surface area contributed by atoms with Crippen molar-refractivity contribution < 1.29 is 34.2 Å². The first kappa shape index (κ1) is 34.1.